The summed E-state index contributed by atoms with van der Waals surface area (Å²) in [5.74, 6) is 0.767. The smallest absolute Gasteiger partial charge is 0.130 e. The molecule has 0 bridgehead atoms. The summed E-state index contributed by atoms with van der Waals surface area (Å²) >= 11 is 0. The molecule has 0 aliphatic carbocycles. The quantitative estimate of drug-likeness (QED) is 0.671. The fourth-order valence-corrected chi connectivity index (χ4v) is 1.36. The molecule has 1 aromatic heterocycles. The Bertz CT molecular complexity index is 440. The topological polar surface area (TPSA) is 48.1 Å². The number of benzene rings is 1. The van der Waals surface area contributed by atoms with Crippen LogP contribution < -0.4 is 10.5 Å². The van der Waals surface area contributed by atoms with E-state index in [2.05, 4.69) is 4.98 Å². The summed E-state index contributed by atoms with van der Waals surface area (Å²) in [6.45, 7) is 0. The third-order valence-corrected chi connectivity index (χ3v) is 1.96. The minimum Gasteiger partial charge on any atom is -0.496 e. The summed E-state index contributed by atoms with van der Waals surface area (Å²) in [6, 6.07) is 5.61. The maximum atomic E-state index is 5.70. The van der Waals surface area contributed by atoms with Gasteiger partial charge in [-0.15, -0.1) is 0 Å². The summed E-state index contributed by atoms with van der Waals surface area (Å²) < 4.78 is 5.19. The van der Waals surface area contributed by atoms with Crippen LogP contribution in [0.4, 0.5) is 5.69 Å². The normalized spacial score (nSPS) is 10.2. The molecule has 0 aliphatic rings. The van der Waals surface area contributed by atoms with Crippen LogP contribution in [-0.2, 0) is 0 Å². The second-order valence-electron chi connectivity index (χ2n) is 2.82. The van der Waals surface area contributed by atoms with Gasteiger partial charge in [0.25, 0.3) is 0 Å². The molecule has 0 atom stereocenters. The zero-order valence-electron chi connectivity index (χ0n) is 7.32. The molecule has 0 unspecified atom stereocenters. The van der Waals surface area contributed by atoms with Crippen LogP contribution in [0, 0.1) is 0 Å². The van der Waals surface area contributed by atoms with Gasteiger partial charge in [0.1, 0.15) is 5.75 Å². The standard InChI is InChI=1S/C10H10N2O/c1-13-10-5-8(11)4-7-2-3-12-6-9(7)10/h2-6H,11H2,1H3. The van der Waals surface area contributed by atoms with Crippen LogP contribution in [0.15, 0.2) is 30.6 Å². The summed E-state index contributed by atoms with van der Waals surface area (Å²) in [4.78, 5) is 4.03. The average molecular weight is 174 g/mol. The molecule has 66 valence electrons. The summed E-state index contributed by atoms with van der Waals surface area (Å²) in [6.07, 6.45) is 3.51. The lowest BCUT2D eigenvalue weighted by molar-refractivity contribution is 0.420. The van der Waals surface area contributed by atoms with Gasteiger partial charge in [-0.1, -0.05) is 0 Å². The number of nitrogen functional groups attached to an aromatic ring is 1. The number of fused-ring (bicyclic) bond motifs is 1. The van der Waals surface area contributed by atoms with Gasteiger partial charge in [0.15, 0.2) is 0 Å². The molecule has 0 radical (unpaired) electrons. The van der Waals surface area contributed by atoms with E-state index in [1.807, 2.05) is 12.1 Å². The molecule has 3 heteroatoms. The van der Waals surface area contributed by atoms with Gasteiger partial charge in [0.2, 0.25) is 0 Å². The van der Waals surface area contributed by atoms with Gasteiger partial charge in [0, 0.05) is 29.5 Å². The van der Waals surface area contributed by atoms with E-state index in [0.717, 1.165) is 16.5 Å². The van der Waals surface area contributed by atoms with Crippen molar-refractivity contribution < 1.29 is 4.74 Å². The fraction of sp³-hybridized carbons (Fsp3) is 0.100. The SMILES string of the molecule is COc1cc(N)cc2ccncc12. The Labute approximate surface area is 76.2 Å². The van der Waals surface area contributed by atoms with E-state index in [1.165, 1.54) is 0 Å². The number of nitrogens with zero attached hydrogens (tertiary/aromatic N) is 1. The van der Waals surface area contributed by atoms with E-state index in [0.29, 0.717) is 5.69 Å². The highest BCUT2D eigenvalue weighted by atomic mass is 16.5. The van der Waals surface area contributed by atoms with Crippen LogP contribution in [-0.4, -0.2) is 12.1 Å². The molecular weight excluding hydrogens is 164 g/mol. The number of pyridine rings is 1. The lowest BCUT2D eigenvalue weighted by atomic mass is 10.1. The predicted molar refractivity (Wildman–Crippen MR) is 52.7 cm³/mol. The Morgan fingerprint density at radius 1 is 1.38 bits per heavy atom. The zero-order chi connectivity index (χ0) is 9.26. The van der Waals surface area contributed by atoms with E-state index < -0.39 is 0 Å². The third-order valence-electron chi connectivity index (χ3n) is 1.96. The van der Waals surface area contributed by atoms with Gasteiger partial charge < -0.3 is 10.5 Å². The van der Waals surface area contributed by atoms with Gasteiger partial charge >= 0.3 is 0 Å². The number of aromatic nitrogens is 1. The molecule has 13 heavy (non-hydrogen) atoms. The molecule has 2 rings (SSSR count). The van der Waals surface area contributed by atoms with Crippen molar-refractivity contribution in [2.45, 2.75) is 0 Å². The second-order valence-corrected chi connectivity index (χ2v) is 2.82. The molecule has 0 fully saturated rings. The highest BCUT2D eigenvalue weighted by molar-refractivity contribution is 5.90. The van der Waals surface area contributed by atoms with E-state index in [4.69, 9.17) is 10.5 Å². The van der Waals surface area contributed by atoms with Crippen LogP contribution >= 0.6 is 0 Å². The van der Waals surface area contributed by atoms with Crippen LogP contribution in [0.1, 0.15) is 0 Å². The molecule has 2 aromatic rings. The number of hydrogen-bond acceptors (Lipinski definition) is 3. The van der Waals surface area contributed by atoms with Crippen molar-refractivity contribution >= 4 is 16.5 Å². The van der Waals surface area contributed by atoms with E-state index in [9.17, 15) is 0 Å². The van der Waals surface area contributed by atoms with Gasteiger partial charge in [-0.25, -0.2) is 0 Å². The Morgan fingerprint density at radius 3 is 3.00 bits per heavy atom. The van der Waals surface area contributed by atoms with Gasteiger partial charge in [-0.3, -0.25) is 4.98 Å². The van der Waals surface area contributed by atoms with Crippen LogP contribution in [0.5, 0.6) is 5.75 Å². The van der Waals surface area contributed by atoms with E-state index >= 15 is 0 Å². The predicted octanol–water partition coefficient (Wildman–Crippen LogP) is 1.83. The minimum atomic E-state index is 0.704. The first-order valence-electron chi connectivity index (χ1n) is 3.98. The summed E-state index contributed by atoms with van der Waals surface area (Å²) in [7, 11) is 1.63. The Kier molecular flexibility index (Phi) is 1.77. The lowest BCUT2D eigenvalue weighted by Crippen LogP contribution is -1.90. The molecule has 0 saturated carbocycles. The Balaban J connectivity index is 2.81. The fourth-order valence-electron chi connectivity index (χ4n) is 1.36. The number of hydrogen-bond donors (Lipinski definition) is 1. The average Bonchev–Trinajstić information content (AvgIpc) is 2.16. The van der Waals surface area contributed by atoms with Crippen LogP contribution in [0.2, 0.25) is 0 Å². The second kappa shape index (κ2) is 2.94. The maximum Gasteiger partial charge on any atom is 0.130 e. The van der Waals surface area contributed by atoms with Crippen molar-refractivity contribution in [3.05, 3.63) is 30.6 Å². The van der Waals surface area contributed by atoms with Crippen molar-refractivity contribution in [1.29, 1.82) is 0 Å². The first kappa shape index (κ1) is 7.86. The lowest BCUT2D eigenvalue weighted by Gasteiger charge is -2.05. The summed E-state index contributed by atoms with van der Waals surface area (Å²) in [5.41, 5.74) is 6.40. The molecule has 0 aliphatic heterocycles. The highest BCUT2D eigenvalue weighted by Gasteiger charge is 2.01. The number of rotatable bonds is 1. The zero-order valence-corrected chi connectivity index (χ0v) is 7.32. The number of anilines is 1. The van der Waals surface area contributed by atoms with Gasteiger partial charge in [-0.05, 0) is 17.5 Å². The maximum absolute atomic E-state index is 5.70. The number of nitrogens with two attached hydrogens (primary N) is 1. The molecule has 2 N–H and O–H groups in total. The monoisotopic (exact) mass is 174 g/mol. The molecule has 0 saturated heterocycles. The molecule has 1 aromatic carbocycles. The van der Waals surface area contributed by atoms with Crippen molar-refractivity contribution in [2.75, 3.05) is 12.8 Å². The van der Waals surface area contributed by atoms with Crippen molar-refractivity contribution in [3.8, 4) is 5.75 Å². The van der Waals surface area contributed by atoms with Crippen LogP contribution in [0.25, 0.3) is 10.8 Å². The molecule has 1 heterocycles. The van der Waals surface area contributed by atoms with Gasteiger partial charge in [-0.2, -0.15) is 0 Å². The van der Waals surface area contributed by atoms with E-state index in [-0.39, 0.29) is 0 Å². The third kappa shape index (κ3) is 1.28. The first-order chi connectivity index (χ1) is 6.31. The first-order valence-corrected chi connectivity index (χ1v) is 3.98. The largest absolute Gasteiger partial charge is 0.496 e. The van der Waals surface area contributed by atoms with E-state index in [1.54, 1.807) is 25.6 Å². The Hall–Kier alpha value is -1.77. The van der Waals surface area contributed by atoms with Gasteiger partial charge in [0.05, 0.1) is 7.11 Å². The van der Waals surface area contributed by atoms with Crippen LogP contribution in [0.3, 0.4) is 0 Å². The highest BCUT2D eigenvalue weighted by Crippen LogP contribution is 2.27. The molecule has 3 nitrogen and oxygen atoms in total. The minimum absolute atomic E-state index is 0.704. The molecule has 0 amide bonds. The van der Waals surface area contributed by atoms with Crippen molar-refractivity contribution in [1.82, 2.24) is 4.98 Å². The molecular formula is C10H10N2O. The number of ether oxygens (including phenoxy) is 1. The van der Waals surface area contributed by atoms with Crippen molar-refractivity contribution in [2.24, 2.45) is 0 Å². The van der Waals surface area contributed by atoms with Crippen molar-refractivity contribution in [3.63, 3.8) is 0 Å². The Morgan fingerprint density at radius 2 is 2.23 bits per heavy atom. The molecule has 0 spiro atoms. The summed E-state index contributed by atoms with van der Waals surface area (Å²) in [5, 5.41) is 2.03. The number of methoxy groups -OCH3 is 1.